The molecule has 1 aromatic rings. The molecule has 520 valence electrons. The van der Waals surface area contributed by atoms with Gasteiger partial charge in [-0.2, -0.15) is 0 Å². The van der Waals surface area contributed by atoms with E-state index in [1.807, 2.05) is 78.6 Å². The predicted octanol–water partition coefficient (Wildman–Crippen LogP) is 2.27. The Morgan fingerprint density at radius 2 is 1.46 bits per heavy atom. The summed E-state index contributed by atoms with van der Waals surface area (Å²) in [6.45, 7) is 20.2. The number of fused-ring (bicyclic) bond motifs is 3. The van der Waals surface area contributed by atoms with E-state index in [4.69, 9.17) is 15.2 Å². The van der Waals surface area contributed by atoms with E-state index in [-0.39, 0.29) is 81.7 Å². The Hall–Kier alpha value is -6.16. The first-order valence-corrected chi connectivity index (χ1v) is 32.7. The fourth-order valence-electron chi connectivity index (χ4n) is 12.4. The van der Waals surface area contributed by atoms with Crippen LogP contribution in [-0.4, -0.2) is 240 Å². The van der Waals surface area contributed by atoms with Gasteiger partial charge < -0.3 is 65.1 Å². The Kier molecular flexibility index (Phi) is 32.3. The van der Waals surface area contributed by atoms with Gasteiger partial charge in [-0.1, -0.05) is 74.8 Å². The zero-order chi connectivity index (χ0) is 69.6. The summed E-state index contributed by atoms with van der Waals surface area (Å²) in [7, 11) is 9.09. The normalized spacial score (nSPS) is 31.4. The van der Waals surface area contributed by atoms with E-state index in [1.54, 1.807) is 27.0 Å². The van der Waals surface area contributed by atoms with Crippen LogP contribution in [0.1, 0.15) is 152 Å². The van der Waals surface area contributed by atoms with Gasteiger partial charge >= 0.3 is 0 Å². The van der Waals surface area contributed by atoms with Gasteiger partial charge in [-0.3, -0.25) is 63.6 Å². The van der Waals surface area contributed by atoms with Gasteiger partial charge in [-0.25, -0.2) is 0 Å². The number of ether oxygens (including phenoxy) is 2. The predicted molar refractivity (Wildman–Crippen MR) is 347 cm³/mol. The van der Waals surface area contributed by atoms with E-state index < -0.39 is 132 Å². The van der Waals surface area contributed by atoms with Crippen LogP contribution in [0.4, 0.5) is 0 Å². The number of nitrogens with zero attached hydrogens (tertiary/aromatic N) is 7. The van der Waals surface area contributed by atoms with Crippen LogP contribution in [0.3, 0.4) is 0 Å². The molecule has 3 rings (SSSR count). The van der Waals surface area contributed by atoms with Crippen molar-refractivity contribution in [2.24, 2.45) is 41.2 Å². The number of rotatable bonds is 17. The van der Waals surface area contributed by atoms with E-state index >= 15 is 0 Å². The largest absolute Gasteiger partial charge is 0.393 e. The lowest BCUT2D eigenvalue weighted by Crippen LogP contribution is -2.65. The van der Waals surface area contributed by atoms with Crippen molar-refractivity contribution in [1.82, 2.24) is 55.7 Å². The SMILES string of the molecule is CCCC1NCC(C)CC(C=O)NC(C=O)(CC(C)C)N(C)C(=O)CN(C)C(=O)CC(O)CCC(CCN(C)Cc2ccccn2)C2OC(C)C(C(=O)N(C)C2C(N)=O)N(C)C(=O)CCC(C)CNC(C=O)(CC(C)C)N(C)C(=O)C(C(C)C)OC(C)(C=O)NC1=O. The van der Waals surface area contributed by atoms with Crippen LogP contribution in [0.25, 0.3) is 0 Å². The zero-order valence-electron chi connectivity index (χ0n) is 58.0. The molecule has 14 unspecified atom stereocenters. The molecule has 92 heavy (non-hydrogen) atoms. The molecule has 2 bridgehead atoms. The van der Waals surface area contributed by atoms with E-state index in [9.17, 15) is 57.8 Å². The van der Waals surface area contributed by atoms with Gasteiger partial charge in [-0.15, -0.1) is 0 Å². The monoisotopic (exact) mass is 1300 g/mol. The first-order valence-electron chi connectivity index (χ1n) is 32.7. The number of carbonyl (C=O) groups is 11. The molecule has 7 amide bonds. The quantitative estimate of drug-likeness (QED) is 0.122. The summed E-state index contributed by atoms with van der Waals surface area (Å²) in [4.78, 5) is 165. The second-order valence-corrected chi connectivity index (χ2v) is 27.5. The molecule has 0 radical (unpaired) electrons. The number of primary amides is 1. The Labute approximate surface area is 546 Å². The van der Waals surface area contributed by atoms with Crippen molar-refractivity contribution < 1.29 is 67.3 Å². The number of nitrogens with one attached hydrogen (secondary N) is 4. The van der Waals surface area contributed by atoms with Crippen molar-refractivity contribution in [2.45, 2.75) is 219 Å². The molecule has 26 nitrogen and oxygen atoms in total. The molecular weight excluding hydrogens is 1180 g/mol. The van der Waals surface area contributed by atoms with Gasteiger partial charge in [0.2, 0.25) is 35.4 Å². The summed E-state index contributed by atoms with van der Waals surface area (Å²) in [5.41, 5.74) is 1.60. The highest BCUT2D eigenvalue weighted by Crippen LogP contribution is 2.33. The summed E-state index contributed by atoms with van der Waals surface area (Å²) in [5.74, 6) is -6.48. The molecule has 2 aliphatic heterocycles. The molecule has 2 fully saturated rings. The molecule has 0 spiro atoms. The minimum absolute atomic E-state index is 0.0128. The zero-order valence-corrected chi connectivity index (χ0v) is 58.0. The number of nitrogens with two attached hydrogens (primary N) is 1. The van der Waals surface area contributed by atoms with Gasteiger partial charge in [0.1, 0.15) is 24.5 Å². The Balaban J connectivity index is 2.17. The van der Waals surface area contributed by atoms with E-state index in [0.717, 1.165) is 10.6 Å². The van der Waals surface area contributed by atoms with Crippen LogP contribution in [0.15, 0.2) is 24.4 Å². The van der Waals surface area contributed by atoms with Crippen molar-refractivity contribution in [2.75, 3.05) is 68.5 Å². The maximum Gasteiger partial charge on any atom is 0.253 e. The first kappa shape index (κ1) is 80.1. The summed E-state index contributed by atoms with van der Waals surface area (Å²) in [6, 6.07) is 1.17. The summed E-state index contributed by atoms with van der Waals surface area (Å²) in [5, 5.41) is 24.1. The summed E-state index contributed by atoms with van der Waals surface area (Å²) >= 11 is 0. The summed E-state index contributed by atoms with van der Waals surface area (Å²) < 4.78 is 13.1. The fraction of sp³-hybridized carbons (Fsp3) is 0.758. The lowest BCUT2D eigenvalue weighted by molar-refractivity contribution is -0.176. The van der Waals surface area contributed by atoms with Crippen molar-refractivity contribution in [3.8, 4) is 0 Å². The smallest absolute Gasteiger partial charge is 0.253 e. The van der Waals surface area contributed by atoms with Crippen molar-refractivity contribution in [1.29, 1.82) is 0 Å². The Bertz CT molecular complexity index is 2600. The van der Waals surface area contributed by atoms with Crippen LogP contribution < -0.4 is 27.0 Å². The van der Waals surface area contributed by atoms with Crippen molar-refractivity contribution in [3.63, 3.8) is 0 Å². The first-order chi connectivity index (χ1) is 43.1. The maximum atomic E-state index is 14.8. The van der Waals surface area contributed by atoms with Crippen molar-refractivity contribution in [3.05, 3.63) is 30.1 Å². The molecule has 1 aromatic heterocycles. The number of hydrogen-bond donors (Lipinski definition) is 6. The van der Waals surface area contributed by atoms with Crippen LogP contribution in [-0.2, 0) is 68.8 Å². The number of aliphatic hydroxyl groups is 1. The lowest BCUT2D eigenvalue weighted by atomic mass is 9.86. The fourth-order valence-corrected chi connectivity index (χ4v) is 12.4. The molecule has 0 aliphatic carbocycles. The van der Waals surface area contributed by atoms with Crippen LogP contribution >= 0.6 is 0 Å². The molecule has 0 aromatic carbocycles. The van der Waals surface area contributed by atoms with Crippen LogP contribution in [0.2, 0.25) is 0 Å². The topological polar surface area (TPSA) is 333 Å². The van der Waals surface area contributed by atoms with Gasteiger partial charge in [0, 0.05) is 60.9 Å². The highest BCUT2D eigenvalue weighted by molar-refractivity contribution is 5.93. The van der Waals surface area contributed by atoms with Crippen LogP contribution in [0, 0.1) is 35.5 Å². The summed E-state index contributed by atoms with van der Waals surface area (Å²) in [6.07, 6.45) is 0.848. The number of pyridine rings is 1. The number of aromatic nitrogens is 1. The van der Waals surface area contributed by atoms with E-state index in [1.165, 1.54) is 61.8 Å². The number of amides is 7. The minimum atomic E-state index is -2.04. The molecule has 3 heterocycles. The van der Waals surface area contributed by atoms with Gasteiger partial charge in [-0.05, 0) is 133 Å². The standard InChI is InChI=1S/C66H112N12O14/c1-18-21-52-61(88)72-64(11,39-80)92-58(44(6)7)63(90)78(17)65(40-81,32-42(2)3)70-35-45(8)23-26-53(84)75(14)56-47(10)91-59(57(60(67)87)76(15)62(56)89)48(27-29-73(12)36-49-22-19-20-28-68-49)24-25-51(83)31-54(85)74(13)37-55(86)77(16)66(41-82,33-43(4)5)71-50(38-79)30-46(9)34-69-52/h19-20,22,28,38-48,50-52,56-59,69-71,83H,18,21,23-27,29-37H2,1-17H3,(H2,67,87)(H,72,88). The number of hydrogen-bond acceptors (Lipinski definition) is 19. The number of aliphatic hydroxyl groups excluding tert-OH is 1. The lowest BCUT2D eigenvalue weighted by Gasteiger charge is -2.43. The van der Waals surface area contributed by atoms with Crippen molar-refractivity contribution >= 4 is 66.5 Å². The molecule has 7 N–H and O–H groups in total. The minimum Gasteiger partial charge on any atom is -0.393 e. The highest BCUT2D eigenvalue weighted by Gasteiger charge is 2.49. The molecule has 2 aliphatic rings. The van der Waals surface area contributed by atoms with Gasteiger partial charge in [0.25, 0.3) is 5.91 Å². The molecule has 26 heteroatoms. The second-order valence-electron chi connectivity index (χ2n) is 27.5. The third kappa shape index (κ3) is 22.8. The Morgan fingerprint density at radius 1 is 0.815 bits per heavy atom. The van der Waals surface area contributed by atoms with E-state index in [2.05, 4.69) is 26.3 Å². The third-order valence-electron chi connectivity index (χ3n) is 17.8. The average molecular weight is 1300 g/mol. The second kappa shape index (κ2) is 37.1. The number of likely N-dealkylation sites (N-methyl/N-ethyl adjacent to an activating group) is 5. The molecule has 0 saturated carbocycles. The molecule has 2 saturated heterocycles. The van der Waals surface area contributed by atoms with Gasteiger partial charge in [0.05, 0.1) is 49.1 Å². The molecule has 14 atom stereocenters. The Morgan fingerprint density at radius 3 is 2.01 bits per heavy atom. The third-order valence-corrected chi connectivity index (χ3v) is 17.8. The highest BCUT2D eigenvalue weighted by atomic mass is 16.5. The average Bonchev–Trinajstić information content (AvgIpc) is 1.50. The van der Waals surface area contributed by atoms with Gasteiger partial charge in [0.15, 0.2) is 35.9 Å². The number of carbonyl (C=O) groups excluding carboxylic acids is 11. The number of aldehydes is 4. The maximum absolute atomic E-state index is 14.8. The van der Waals surface area contributed by atoms with E-state index in [0.29, 0.717) is 57.5 Å². The van der Waals surface area contributed by atoms with Crippen LogP contribution in [0.5, 0.6) is 0 Å². The molecular formula is C66H112N12O14.